The largest absolute Gasteiger partial charge is 0.481 e. The summed E-state index contributed by atoms with van der Waals surface area (Å²) in [6.07, 6.45) is 0.624. The van der Waals surface area contributed by atoms with Gasteiger partial charge in [0.2, 0.25) is 0 Å². The Hall–Kier alpha value is -1.36. The van der Waals surface area contributed by atoms with Gasteiger partial charge in [0.15, 0.2) is 0 Å². The van der Waals surface area contributed by atoms with Gasteiger partial charge in [0.1, 0.15) is 5.76 Å². The zero-order valence-electron chi connectivity index (χ0n) is 7.63. The van der Waals surface area contributed by atoms with Crippen LogP contribution in [0.5, 0.6) is 0 Å². The molecular weight excluding hydrogens is 174 g/mol. The number of aromatic nitrogens is 1. The molecule has 5 heteroatoms. The molecule has 0 radical (unpaired) electrons. The van der Waals surface area contributed by atoms with Gasteiger partial charge < -0.3 is 15.1 Å². The predicted octanol–water partition coefficient (Wildman–Crippen LogP) is 0.484. The van der Waals surface area contributed by atoms with E-state index in [1.165, 1.54) is 0 Å². The first-order valence-electron chi connectivity index (χ1n) is 3.75. The van der Waals surface area contributed by atoms with Crippen molar-refractivity contribution in [2.24, 2.45) is 0 Å². The Balaban J connectivity index is 0.00000144. The topological polar surface area (TPSA) is 94.8 Å². The van der Waals surface area contributed by atoms with Crippen LogP contribution in [0.1, 0.15) is 23.4 Å². The quantitative estimate of drug-likeness (QED) is 0.744. The summed E-state index contributed by atoms with van der Waals surface area (Å²) in [5.74, 6) is -0.0799. The third kappa shape index (κ3) is 2.87. The first-order chi connectivity index (χ1) is 5.61. The summed E-state index contributed by atoms with van der Waals surface area (Å²) in [5.41, 5.74) is 1.70. The van der Waals surface area contributed by atoms with Crippen LogP contribution in [-0.2, 0) is 11.2 Å². The number of aliphatic carboxylic acids is 1. The zero-order valence-corrected chi connectivity index (χ0v) is 7.63. The normalized spacial score (nSPS) is 9.38. The molecule has 0 aliphatic rings. The maximum absolute atomic E-state index is 10.3. The first kappa shape index (κ1) is 11.6. The van der Waals surface area contributed by atoms with Crippen molar-refractivity contribution in [3.63, 3.8) is 0 Å². The maximum atomic E-state index is 10.3. The highest BCUT2D eigenvalue weighted by Gasteiger charge is 2.09. The molecule has 0 aromatic carbocycles. The lowest BCUT2D eigenvalue weighted by Crippen LogP contribution is -1.98. The minimum atomic E-state index is -0.796. The molecular formula is C8H13NO4. The number of carboxylic acids is 1. The summed E-state index contributed by atoms with van der Waals surface area (Å²) in [6, 6.07) is 0. The molecule has 0 amide bonds. The van der Waals surface area contributed by atoms with Crippen molar-refractivity contribution in [1.29, 1.82) is 0 Å². The lowest BCUT2D eigenvalue weighted by Gasteiger charge is -1.94. The minimum absolute atomic E-state index is 0. The molecule has 0 spiro atoms. The van der Waals surface area contributed by atoms with Crippen molar-refractivity contribution in [2.75, 3.05) is 0 Å². The highest BCUT2D eigenvalue weighted by molar-refractivity contribution is 5.67. The zero-order chi connectivity index (χ0) is 9.14. The average Bonchev–Trinajstić information content (AvgIpc) is 2.28. The molecule has 0 atom stereocenters. The molecule has 1 heterocycles. The van der Waals surface area contributed by atoms with E-state index in [-0.39, 0.29) is 11.9 Å². The van der Waals surface area contributed by atoms with Crippen molar-refractivity contribution in [1.82, 2.24) is 5.16 Å². The third-order valence-corrected chi connectivity index (χ3v) is 1.77. The fourth-order valence-corrected chi connectivity index (χ4v) is 1.09. The number of hydrogen-bond donors (Lipinski definition) is 1. The predicted molar refractivity (Wildman–Crippen MR) is 45.5 cm³/mol. The van der Waals surface area contributed by atoms with Crippen LogP contribution in [0.25, 0.3) is 0 Å². The fraction of sp³-hybridized carbons (Fsp3) is 0.500. The van der Waals surface area contributed by atoms with Gasteiger partial charge in [-0.1, -0.05) is 5.16 Å². The Bertz CT molecular complexity index is 273. The molecule has 74 valence electrons. The number of rotatable bonds is 3. The molecule has 1 aromatic heterocycles. The highest BCUT2D eigenvalue weighted by Crippen LogP contribution is 2.13. The highest BCUT2D eigenvalue weighted by atomic mass is 16.5. The Kier molecular flexibility index (Phi) is 4.13. The molecule has 0 saturated carbocycles. The van der Waals surface area contributed by atoms with Gasteiger partial charge in [-0.2, -0.15) is 0 Å². The van der Waals surface area contributed by atoms with Gasteiger partial charge in [-0.25, -0.2) is 0 Å². The number of hydrogen-bond acceptors (Lipinski definition) is 3. The molecule has 0 bridgehead atoms. The van der Waals surface area contributed by atoms with Gasteiger partial charge in [-0.3, -0.25) is 4.79 Å². The molecule has 1 aromatic rings. The van der Waals surface area contributed by atoms with Crippen LogP contribution in [0.3, 0.4) is 0 Å². The number of nitrogens with zero attached hydrogens (tertiary/aromatic N) is 1. The van der Waals surface area contributed by atoms with E-state index >= 15 is 0 Å². The minimum Gasteiger partial charge on any atom is -0.481 e. The molecule has 0 saturated heterocycles. The Morgan fingerprint density at radius 3 is 2.54 bits per heavy atom. The van der Waals surface area contributed by atoms with Crippen molar-refractivity contribution < 1.29 is 19.9 Å². The molecule has 3 N–H and O–H groups in total. The maximum Gasteiger partial charge on any atom is 0.303 e. The van der Waals surface area contributed by atoms with Crippen LogP contribution in [0, 0.1) is 13.8 Å². The number of aryl methyl sites for hydroxylation is 2. The van der Waals surface area contributed by atoms with E-state index in [0.29, 0.717) is 12.2 Å². The lowest BCUT2D eigenvalue weighted by atomic mass is 10.1. The van der Waals surface area contributed by atoms with Crippen molar-refractivity contribution in [2.45, 2.75) is 26.7 Å². The standard InChI is InChI=1S/C8H11NO3.H2O/c1-5-7(3-4-8(10)11)6(2)12-9-5;/h3-4H2,1-2H3,(H,10,11);1H2. The number of carboxylic acid groups (broad SMARTS) is 1. The van der Waals surface area contributed by atoms with E-state index in [4.69, 9.17) is 9.63 Å². The molecule has 1 rings (SSSR count). The Labute approximate surface area is 75.7 Å². The lowest BCUT2D eigenvalue weighted by molar-refractivity contribution is -0.136. The third-order valence-electron chi connectivity index (χ3n) is 1.77. The molecule has 0 fully saturated rings. The van der Waals surface area contributed by atoms with Crippen LogP contribution < -0.4 is 0 Å². The van der Waals surface area contributed by atoms with Gasteiger partial charge >= 0.3 is 5.97 Å². The molecule has 5 nitrogen and oxygen atoms in total. The number of carbonyl (C=O) groups is 1. The molecule has 0 unspecified atom stereocenters. The van der Waals surface area contributed by atoms with Crippen molar-refractivity contribution in [3.05, 3.63) is 17.0 Å². The van der Waals surface area contributed by atoms with Crippen LogP contribution in [0.4, 0.5) is 0 Å². The van der Waals surface area contributed by atoms with E-state index in [1.807, 2.05) is 6.92 Å². The second-order valence-corrected chi connectivity index (χ2v) is 2.70. The van der Waals surface area contributed by atoms with Gasteiger partial charge in [0.05, 0.1) is 5.69 Å². The van der Waals surface area contributed by atoms with Gasteiger partial charge in [0, 0.05) is 12.0 Å². The van der Waals surface area contributed by atoms with E-state index in [1.54, 1.807) is 6.92 Å². The fourth-order valence-electron chi connectivity index (χ4n) is 1.09. The first-order valence-corrected chi connectivity index (χ1v) is 3.75. The Morgan fingerprint density at radius 2 is 2.15 bits per heavy atom. The smallest absolute Gasteiger partial charge is 0.303 e. The second kappa shape index (κ2) is 4.61. The van der Waals surface area contributed by atoms with Crippen LogP contribution in [-0.4, -0.2) is 21.7 Å². The summed E-state index contributed by atoms with van der Waals surface area (Å²) in [5, 5.41) is 12.2. The molecule has 0 aliphatic carbocycles. The van der Waals surface area contributed by atoms with E-state index in [9.17, 15) is 4.79 Å². The molecule has 13 heavy (non-hydrogen) atoms. The SMILES string of the molecule is Cc1noc(C)c1CCC(=O)O.O. The summed E-state index contributed by atoms with van der Waals surface area (Å²) < 4.78 is 4.88. The Morgan fingerprint density at radius 1 is 1.54 bits per heavy atom. The molecule has 0 aliphatic heterocycles. The van der Waals surface area contributed by atoms with Crippen molar-refractivity contribution >= 4 is 5.97 Å². The summed E-state index contributed by atoms with van der Waals surface area (Å²) in [4.78, 5) is 10.3. The van der Waals surface area contributed by atoms with Crippen LogP contribution >= 0.6 is 0 Å². The monoisotopic (exact) mass is 187 g/mol. The van der Waals surface area contributed by atoms with Gasteiger partial charge in [-0.15, -0.1) is 0 Å². The van der Waals surface area contributed by atoms with E-state index in [0.717, 1.165) is 11.3 Å². The average molecular weight is 187 g/mol. The van der Waals surface area contributed by atoms with Crippen molar-refractivity contribution in [3.8, 4) is 0 Å². The van der Waals surface area contributed by atoms with E-state index < -0.39 is 5.97 Å². The van der Waals surface area contributed by atoms with E-state index in [2.05, 4.69) is 5.16 Å². The summed E-state index contributed by atoms with van der Waals surface area (Å²) >= 11 is 0. The van der Waals surface area contributed by atoms with Gasteiger partial charge in [0.25, 0.3) is 0 Å². The van der Waals surface area contributed by atoms with Crippen LogP contribution in [0.2, 0.25) is 0 Å². The van der Waals surface area contributed by atoms with Crippen LogP contribution in [0.15, 0.2) is 4.52 Å². The summed E-state index contributed by atoms with van der Waals surface area (Å²) in [7, 11) is 0. The second-order valence-electron chi connectivity index (χ2n) is 2.70. The van der Waals surface area contributed by atoms with Gasteiger partial charge in [-0.05, 0) is 20.3 Å². The summed E-state index contributed by atoms with van der Waals surface area (Å²) in [6.45, 7) is 3.60.